The molecule has 490 valence electrons. The van der Waals surface area contributed by atoms with Crippen LogP contribution in [0.1, 0.15) is 156 Å². The maximum absolute atomic E-state index is 15.2. The minimum atomic E-state index is -1.63. The molecule has 0 aromatic rings. The monoisotopic (exact) mass is 1210 g/mol. The molecule has 10 amide bonds. The maximum atomic E-state index is 15.2. The van der Waals surface area contributed by atoms with Gasteiger partial charge < -0.3 is 55.4 Å². The Hall–Kier alpha value is -6.19. The summed E-state index contributed by atoms with van der Waals surface area (Å²) in [6.45, 7) is 31.5. The van der Waals surface area contributed by atoms with Gasteiger partial charge in [-0.05, 0) is 93.8 Å². The number of aliphatic hydroxyl groups excluding tert-OH is 1. The van der Waals surface area contributed by atoms with E-state index in [2.05, 4.69) is 22.5 Å². The van der Waals surface area contributed by atoms with Crippen molar-refractivity contribution in [1.82, 2.24) is 50.2 Å². The Kier molecular flexibility index (Phi) is 32.2. The van der Waals surface area contributed by atoms with Crippen LogP contribution in [0.2, 0.25) is 0 Å². The first kappa shape index (κ1) is 77.8. The SMILES string of the molecule is C=C/C=C/C[C@@H](C)[C@@H](O)[C@H]1C(=O)N[C@@H](CC)C(=O)N(C)CC(=O)N(C)[C@@H](CC(C)C)C(=O)C[C@@H](C(C)C)C(=O)N(C)[C@@H](CC(C)C)C(=O)N[C@@H](C)C(=O)N[C@H](C)C(=O)N(C)[C@@H](CC(C)C)C(=O)N(C)[C@@H](CC(C)C)C(=O)N(C)[C@@H](C(C)C)C(=O)N1C. The third-order valence-electron chi connectivity index (χ3n) is 16.5. The second-order valence-corrected chi connectivity index (χ2v) is 26.5. The highest BCUT2D eigenvalue weighted by atomic mass is 16.3. The van der Waals surface area contributed by atoms with Gasteiger partial charge in [0.2, 0.25) is 59.1 Å². The molecular formula is C64H112N10O12. The highest BCUT2D eigenvalue weighted by Crippen LogP contribution is 2.27. The summed E-state index contributed by atoms with van der Waals surface area (Å²) >= 11 is 0. The number of amides is 10. The predicted molar refractivity (Wildman–Crippen MR) is 334 cm³/mol. The maximum Gasteiger partial charge on any atom is 0.246 e. The Morgan fingerprint density at radius 3 is 1.41 bits per heavy atom. The van der Waals surface area contributed by atoms with Gasteiger partial charge in [-0.15, -0.1) is 0 Å². The molecule has 0 radical (unpaired) electrons. The highest BCUT2D eigenvalue weighted by molar-refractivity contribution is 5.99. The second kappa shape index (κ2) is 35.6. The minimum absolute atomic E-state index is 0.0225. The summed E-state index contributed by atoms with van der Waals surface area (Å²) < 4.78 is 0. The molecule has 1 saturated heterocycles. The molecule has 0 spiro atoms. The van der Waals surface area contributed by atoms with E-state index >= 15 is 9.59 Å². The summed E-state index contributed by atoms with van der Waals surface area (Å²) in [4.78, 5) is 169. The lowest BCUT2D eigenvalue weighted by Crippen LogP contribution is -2.63. The van der Waals surface area contributed by atoms with Crippen LogP contribution in [0.4, 0.5) is 0 Å². The van der Waals surface area contributed by atoms with Crippen molar-refractivity contribution in [2.75, 3.05) is 55.9 Å². The highest BCUT2D eigenvalue weighted by Gasteiger charge is 2.45. The zero-order valence-electron chi connectivity index (χ0n) is 56.6. The molecule has 0 aromatic heterocycles. The lowest BCUT2D eigenvalue weighted by Gasteiger charge is -2.41. The average Bonchev–Trinajstić information content (AvgIpc) is 3.63. The molecule has 1 aliphatic heterocycles. The summed E-state index contributed by atoms with van der Waals surface area (Å²) in [5.74, 6) is -10.1. The fourth-order valence-electron chi connectivity index (χ4n) is 11.0. The largest absolute Gasteiger partial charge is 0.390 e. The quantitative estimate of drug-likeness (QED) is 0.156. The van der Waals surface area contributed by atoms with Gasteiger partial charge in [-0.2, -0.15) is 0 Å². The van der Waals surface area contributed by atoms with Crippen LogP contribution in [0.15, 0.2) is 24.8 Å². The molecule has 4 N–H and O–H groups in total. The molecule has 86 heavy (non-hydrogen) atoms. The van der Waals surface area contributed by atoms with Gasteiger partial charge in [0.05, 0.1) is 18.7 Å². The Labute approximate surface area is 515 Å². The van der Waals surface area contributed by atoms with Gasteiger partial charge in [-0.25, -0.2) is 0 Å². The van der Waals surface area contributed by atoms with Gasteiger partial charge in [-0.3, -0.25) is 52.7 Å². The molecule has 1 rings (SSSR count). The normalized spacial score (nSPS) is 26.8. The zero-order valence-corrected chi connectivity index (χ0v) is 56.6. The molecule has 1 aliphatic rings. The summed E-state index contributed by atoms with van der Waals surface area (Å²) in [6.07, 6.45) is 4.13. The van der Waals surface area contributed by atoms with E-state index in [0.717, 1.165) is 9.80 Å². The van der Waals surface area contributed by atoms with Crippen molar-refractivity contribution in [3.63, 3.8) is 0 Å². The van der Waals surface area contributed by atoms with Gasteiger partial charge in [0.1, 0.15) is 48.3 Å². The number of nitrogens with one attached hydrogen (secondary N) is 3. The molecule has 0 bridgehead atoms. The van der Waals surface area contributed by atoms with Gasteiger partial charge in [-0.1, -0.05) is 122 Å². The Morgan fingerprint density at radius 2 is 0.942 bits per heavy atom. The van der Waals surface area contributed by atoms with Gasteiger partial charge >= 0.3 is 0 Å². The van der Waals surface area contributed by atoms with Crippen molar-refractivity contribution in [3.05, 3.63) is 24.8 Å². The number of likely N-dealkylation sites (N-methyl/N-ethyl adjacent to an activating group) is 7. The summed E-state index contributed by atoms with van der Waals surface area (Å²) in [6, 6.07) is -11.0. The number of nitrogens with zero attached hydrogens (tertiary/aromatic N) is 7. The summed E-state index contributed by atoms with van der Waals surface area (Å²) in [7, 11) is 10.00. The molecule has 0 aliphatic carbocycles. The standard InChI is InChI=1S/C64H112N10O12/c1-25-27-28-29-42(15)55(77)54-58(80)67-46(26-2)61(83)68(18)35-52(76)69(19)47(30-36(3)4)51(75)34-45(40(11)12)60(82)70(20)48(31-37(5)6)57(79)65-43(16)56(78)66-44(17)59(81)71(21)49(32-38(7)8)62(84)72(22)50(33-39(9)10)63(85)73(23)53(41(13)14)64(86)74(54)24/h25,27-28,36-50,53-55,77H,1,26,29-35H2,2-24H3,(H,65,79)(H,66,78)(H,67,80)/b28-27+/t42-,43+,44-,45+,46+,47+,48+,49+,50+,53+,54+,55-/m1/s1. The van der Waals surface area contributed by atoms with E-state index in [1.54, 1.807) is 59.8 Å². The fourth-order valence-corrected chi connectivity index (χ4v) is 11.0. The van der Waals surface area contributed by atoms with Gasteiger partial charge in [0.25, 0.3) is 0 Å². The zero-order chi connectivity index (χ0) is 66.7. The number of hydrogen-bond acceptors (Lipinski definition) is 12. The Morgan fingerprint density at radius 1 is 0.500 bits per heavy atom. The number of carbonyl (C=O) groups is 11. The number of aliphatic hydroxyl groups is 1. The topological polar surface area (TPSA) is 267 Å². The molecule has 0 unspecified atom stereocenters. The Balaban J connectivity index is 4.34. The second-order valence-electron chi connectivity index (χ2n) is 26.5. The molecule has 1 heterocycles. The lowest BCUT2D eigenvalue weighted by molar-refractivity contribution is -0.157. The van der Waals surface area contributed by atoms with Crippen LogP contribution >= 0.6 is 0 Å². The smallest absolute Gasteiger partial charge is 0.246 e. The number of Topliss-reactive ketones (excluding diaryl/α,β-unsaturated/α-hetero) is 1. The first-order valence-corrected chi connectivity index (χ1v) is 30.9. The van der Waals surface area contributed by atoms with Crippen molar-refractivity contribution in [2.24, 2.45) is 47.3 Å². The number of rotatable bonds is 16. The van der Waals surface area contributed by atoms with Crippen LogP contribution < -0.4 is 16.0 Å². The van der Waals surface area contributed by atoms with E-state index in [9.17, 15) is 48.3 Å². The van der Waals surface area contributed by atoms with Crippen molar-refractivity contribution in [2.45, 2.75) is 216 Å². The van der Waals surface area contributed by atoms with Crippen molar-refractivity contribution >= 4 is 64.9 Å². The molecule has 22 nitrogen and oxygen atoms in total. The first-order chi connectivity index (χ1) is 39.7. The molecule has 0 aromatic carbocycles. The van der Waals surface area contributed by atoms with Crippen LogP contribution in [-0.4, -0.2) is 221 Å². The molecule has 0 saturated carbocycles. The van der Waals surface area contributed by atoms with Crippen molar-refractivity contribution in [3.8, 4) is 0 Å². The van der Waals surface area contributed by atoms with E-state index in [4.69, 9.17) is 0 Å². The van der Waals surface area contributed by atoms with E-state index < -0.39 is 156 Å². The Bertz CT molecular complexity index is 2370. The summed E-state index contributed by atoms with van der Waals surface area (Å²) in [5.41, 5.74) is 0. The first-order valence-electron chi connectivity index (χ1n) is 30.9. The third kappa shape index (κ3) is 21.9. The van der Waals surface area contributed by atoms with Gasteiger partial charge in [0.15, 0.2) is 5.78 Å². The van der Waals surface area contributed by atoms with E-state index in [1.165, 1.54) is 87.7 Å². The molecular weight excluding hydrogens is 1100 g/mol. The fraction of sp³-hybridized carbons (Fsp3) is 0.766. The number of ketones is 1. The van der Waals surface area contributed by atoms with Crippen LogP contribution in [0.3, 0.4) is 0 Å². The number of hydrogen-bond donors (Lipinski definition) is 4. The van der Waals surface area contributed by atoms with E-state index in [1.807, 2.05) is 55.4 Å². The molecule has 22 heteroatoms. The minimum Gasteiger partial charge on any atom is -0.390 e. The third-order valence-corrected chi connectivity index (χ3v) is 16.5. The van der Waals surface area contributed by atoms with Gasteiger partial charge in [0, 0.05) is 61.7 Å². The summed E-state index contributed by atoms with van der Waals surface area (Å²) in [5, 5.41) is 20.3. The van der Waals surface area contributed by atoms with E-state index in [0.29, 0.717) is 0 Å². The lowest BCUT2D eigenvalue weighted by atomic mass is 9.85. The van der Waals surface area contributed by atoms with Crippen LogP contribution in [0, 0.1) is 47.3 Å². The number of allylic oxidation sites excluding steroid dienone is 3. The van der Waals surface area contributed by atoms with Crippen LogP contribution in [0.5, 0.6) is 0 Å². The average molecular weight is 1210 g/mol. The number of carbonyl (C=O) groups excluding carboxylic acids is 11. The van der Waals surface area contributed by atoms with Crippen LogP contribution in [-0.2, 0) is 52.7 Å². The van der Waals surface area contributed by atoms with Crippen molar-refractivity contribution in [1.29, 1.82) is 0 Å². The van der Waals surface area contributed by atoms with Crippen molar-refractivity contribution < 1.29 is 57.8 Å². The predicted octanol–water partition coefficient (Wildman–Crippen LogP) is 4.53. The molecule has 12 atom stereocenters. The van der Waals surface area contributed by atoms with Crippen LogP contribution in [0.25, 0.3) is 0 Å². The van der Waals surface area contributed by atoms with E-state index in [-0.39, 0.29) is 68.6 Å². The molecule has 1 fully saturated rings.